The molecule has 3 N–H and O–H groups in total. The summed E-state index contributed by atoms with van der Waals surface area (Å²) in [5.74, 6) is 0.907. The normalized spacial score (nSPS) is 20.6. The third kappa shape index (κ3) is 2.83. The van der Waals surface area contributed by atoms with Crippen LogP contribution in [0.1, 0.15) is 35.9 Å². The van der Waals surface area contributed by atoms with E-state index in [9.17, 15) is 0 Å². The lowest BCUT2D eigenvalue weighted by molar-refractivity contribution is 0.291. The Hall–Kier alpha value is -1.59. The number of fused-ring (bicyclic) bond motifs is 1. The zero-order valence-electron chi connectivity index (χ0n) is 13.2. The Morgan fingerprint density at radius 3 is 3.09 bits per heavy atom. The minimum atomic E-state index is -0.0451. The summed E-state index contributed by atoms with van der Waals surface area (Å²) in [6, 6.07) is 8.41. The van der Waals surface area contributed by atoms with Gasteiger partial charge < -0.3 is 15.8 Å². The molecule has 1 unspecified atom stereocenters. The number of ether oxygens (including phenoxy) is 1. The number of hydrogen-bond donors (Lipinski definition) is 2. The van der Waals surface area contributed by atoms with Gasteiger partial charge in [-0.3, -0.25) is 0 Å². The molecule has 1 aliphatic rings. The molecule has 1 heterocycles. The van der Waals surface area contributed by atoms with E-state index in [-0.39, 0.29) is 5.54 Å². The van der Waals surface area contributed by atoms with Gasteiger partial charge in [0.25, 0.3) is 0 Å². The minimum absolute atomic E-state index is 0.0451. The summed E-state index contributed by atoms with van der Waals surface area (Å²) in [4.78, 5) is 5.78. The maximum Gasteiger partial charge on any atom is 0.180 e. The second-order valence-corrected chi connectivity index (χ2v) is 6.95. The van der Waals surface area contributed by atoms with Crippen molar-refractivity contribution in [3.8, 4) is 5.75 Å². The number of rotatable bonds is 5. The van der Waals surface area contributed by atoms with Gasteiger partial charge in [-0.25, -0.2) is 4.98 Å². The highest BCUT2D eigenvalue weighted by atomic mass is 32.1. The number of benzene rings is 1. The van der Waals surface area contributed by atoms with E-state index in [0.29, 0.717) is 5.13 Å². The second kappa shape index (κ2) is 6.26. The summed E-state index contributed by atoms with van der Waals surface area (Å²) in [5.41, 5.74) is 8.32. The third-order valence-corrected chi connectivity index (χ3v) is 5.31. The molecule has 22 heavy (non-hydrogen) atoms. The van der Waals surface area contributed by atoms with Crippen molar-refractivity contribution in [3.63, 3.8) is 0 Å². The molecule has 0 radical (unpaired) electrons. The first-order valence-electron chi connectivity index (χ1n) is 7.80. The quantitative estimate of drug-likeness (QED) is 0.889. The lowest BCUT2D eigenvalue weighted by Crippen LogP contribution is -2.46. The highest BCUT2D eigenvalue weighted by Crippen LogP contribution is 2.40. The summed E-state index contributed by atoms with van der Waals surface area (Å²) in [6.07, 6.45) is 4.07. The molecule has 1 aliphatic carbocycles. The van der Waals surface area contributed by atoms with Crippen molar-refractivity contribution in [1.29, 1.82) is 0 Å². The van der Waals surface area contributed by atoms with E-state index in [2.05, 4.69) is 35.4 Å². The number of nitrogens with two attached hydrogens (primary N) is 1. The zero-order valence-corrected chi connectivity index (χ0v) is 14.0. The van der Waals surface area contributed by atoms with Crippen molar-refractivity contribution in [2.75, 3.05) is 19.4 Å². The second-order valence-electron chi connectivity index (χ2n) is 5.84. The Kier molecular flexibility index (Phi) is 4.36. The monoisotopic (exact) mass is 317 g/mol. The molecule has 0 spiro atoms. The average Bonchev–Trinajstić information content (AvgIpc) is 2.92. The summed E-state index contributed by atoms with van der Waals surface area (Å²) >= 11 is 1.63. The predicted octanol–water partition coefficient (Wildman–Crippen LogP) is 3.12. The lowest BCUT2D eigenvalue weighted by atomic mass is 9.77. The number of hydrogen-bond acceptors (Lipinski definition) is 5. The van der Waals surface area contributed by atoms with E-state index in [4.69, 9.17) is 10.5 Å². The van der Waals surface area contributed by atoms with E-state index >= 15 is 0 Å². The Labute approximate surface area is 135 Å². The van der Waals surface area contributed by atoms with Gasteiger partial charge in [0.2, 0.25) is 0 Å². The number of nitrogens with zero attached hydrogens (tertiary/aromatic N) is 1. The first-order valence-corrected chi connectivity index (χ1v) is 8.62. The Morgan fingerprint density at radius 2 is 2.32 bits per heavy atom. The highest BCUT2D eigenvalue weighted by molar-refractivity contribution is 7.15. The number of aromatic nitrogens is 1. The van der Waals surface area contributed by atoms with Crippen LogP contribution in [-0.2, 0) is 18.4 Å². The molecule has 1 aromatic heterocycles. The maximum atomic E-state index is 5.90. The zero-order chi connectivity index (χ0) is 15.6. The molecular weight excluding hydrogens is 294 g/mol. The predicted molar refractivity (Wildman–Crippen MR) is 91.5 cm³/mol. The Morgan fingerprint density at radius 1 is 1.45 bits per heavy atom. The minimum Gasteiger partial charge on any atom is -0.497 e. The molecule has 118 valence electrons. The Bertz CT molecular complexity index is 655. The van der Waals surface area contributed by atoms with Crippen LogP contribution < -0.4 is 15.8 Å². The van der Waals surface area contributed by atoms with Crippen molar-refractivity contribution < 1.29 is 4.74 Å². The molecule has 1 atom stereocenters. The lowest BCUT2D eigenvalue weighted by Gasteiger charge is -2.38. The van der Waals surface area contributed by atoms with Crippen molar-refractivity contribution in [3.05, 3.63) is 40.4 Å². The van der Waals surface area contributed by atoms with E-state index < -0.39 is 0 Å². The molecule has 1 aromatic carbocycles. The average molecular weight is 317 g/mol. The van der Waals surface area contributed by atoms with Crippen molar-refractivity contribution in [2.24, 2.45) is 0 Å². The van der Waals surface area contributed by atoms with Crippen molar-refractivity contribution in [1.82, 2.24) is 10.3 Å². The van der Waals surface area contributed by atoms with Crippen LogP contribution in [0.3, 0.4) is 0 Å². The van der Waals surface area contributed by atoms with Gasteiger partial charge in [0.1, 0.15) is 5.75 Å². The highest BCUT2D eigenvalue weighted by Gasteiger charge is 2.37. The first kappa shape index (κ1) is 15.3. The smallest absolute Gasteiger partial charge is 0.180 e. The van der Waals surface area contributed by atoms with E-state index in [1.807, 2.05) is 6.07 Å². The van der Waals surface area contributed by atoms with Gasteiger partial charge in [-0.15, -0.1) is 11.3 Å². The summed E-state index contributed by atoms with van der Waals surface area (Å²) < 4.78 is 5.41. The molecule has 5 heteroatoms. The third-order valence-electron chi connectivity index (χ3n) is 4.38. The Balaban J connectivity index is 1.98. The van der Waals surface area contributed by atoms with Crippen LogP contribution in [0.2, 0.25) is 0 Å². The van der Waals surface area contributed by atoms with Crippen molar-refractivity contribution >= 4 is 16.5 Å². The molecule has 0 fully saturated rings. The molecule has 0 amide bonds. The number of anilines is 1. The van der Waals surface area contributed by atoms with E-state index in [0.717, 1.165) is 38.0 Å². The fourth-order valence-electron chi connectivity index (χ4n) is 3.22. The number of nitrogens with one attached hydrogen (secondary N) is 1. The van der Waals surface area contributed by atoms with Gasteiger partial charge in [-0.05, 0) is 43.5 Å². The van der Waals surface area contributed by atoms with Crippen molar-refractivity contribution in [2.45, 2.75) is 38.1 Å². The van der Waals surface area contributed by atoms with Crippen LogP contribution in [0, 0.1) is 0 Å². The molecular formula is C17H23N3OS. The number of methoxy groups -OCH3 is 1. The molecule has 3 rings (SSSR count). The first-order chi connectivity index (χ1) is 10.7. The standard InChI is InChI=1S/C17H23N3OS/c1-3-9-19-17(12-5-4-6-13(10-12)21-2)8-7-14-15(11-17)22-16(18)20-14/h4-6,10,19H,3,7-9,11H2,1-2H3,(H2,18,20). The number of thiazole rings is 1. The van der Waals surface area contributed by atoms with Crippen LogP contribution in [0.25, 0.3) is 0 Å². The molecule has 2 aromatic rings. The van der Waals surface area contributed by atoms with Gasteiger partial charge >= 0.3 is 0 Å². The number of aryl methyl sites for hydroxylation is 1. The fraction of sp³-hybridized carbons (Fsp3) is 0.471. The summed E-state index contributed by atoms with van der Waals surface area (Å²) in [5, 5.41) is 4.47. The van der Waals surface area contributed by atoms with Crippen LogP contribution >= 0.6 is 11.3 Å². The van der Waals surface area contributed by atoms with Crippen LogP contribution in [0.5, 0.6) is 5.75 Å². The summed E-state index contributed by atoms with van der Waals surface area (Å²) in [6.45, 7) is 3.20. The van der Waals surface area contributed by atoms with Gasteiger partial charge in [0.15, 0.2) is 5.13 Å². The van der Waals surface area contributed by atoms with Crippen LogP contribution in [0.15, 0.2) is 24.3 Å². The van der Waals surface area contributed by atoms with Gasteiger partial charge in [-0.1, -0.05) is 19.1 Å². The van der Waals surface area contributed by atoms with Crippen LogP contribution in [-0.4, -0.2) is 18.6 Å². The SMILES string of the molecule is CCCNC1(c2cccc(OC)c2)CCc2nc(N)sc2C1. The largest absolute Gasteiger partial charge is 0.497 e. The number of nitrogen functional groups attached to an aromatic ring is 1. The maximum absolute atomic E-state index is 5.90. The molecule has 0 aliphatic heterocycles. The molecule has 0 bridgehead atoms. The fourth-order valence-corrected chi connectivity index (χ4v) is 4.21. The topological polar surface area (TPSA) is 60.2 Å². The van der Waals surface area contributed by atoms with E-state index in [1.54, 1.807) is 18.4 Å². The molecule has 4 nitrogen and oxygen atoms in total. The van der Waals surface area contributed by atoms with Gasteiger partial charge in [0.05, 0.1) is 12.8 Å². The van der Waals surface area contributed by atoms with Crippen LogP contribution in [0.4, 0.5) is 5.13 Å². The van der Waals surface area contributed by atoms with Gasteiger partial charge in [0, 0.05) is 16.8 Å². The van der Waals surface area contributed by atoms with E-state index in [1.165, 1.54) is 16.1 Å². The van der Waals surface area contributed by atoms with Gasteiger partial charge in [-0.2, -0.15) is 0 Å². The molecule has 0 saturated carbocycles. The molecule has 0 saturated heterocycles. The summed E-state index contributed by atoms with van der Waals surface area (Å²) in [7, 11) is 1.72.